The number of benzene rings is 1. The Balaban J connectivity index is 2.09. The lowest BCUT2D eigenvalue weighted by Gasteiger charge is -2.25. The molecular formula is C13H13BrN4O2. The van der Waals surface area contributed by atoms with E-state index in [4.69, 9.17) is 4.74 Å². The number of carbonyl (C=O) groups excluding carboxylic acids is 1. The van der Waals surface area contributed by atoms with E-state index in [0.29, 0.717) is 19.0 Å². The summed E-state index contributed by atoms with van der Waals surface area (Å²) in [5, 5.41) is 6.90. The Morgan fingerprint density at radius 1 is 1.55 bits per heavy atom. The van der Waals surface area contributed by atoms with Crippen molar-refractivity contribution < 1.29 is 9.53 Å². The highest BCUT2D eigenvalue weighted by atomic mass is 79.9. The molecule has 2 heterocycles. The van der Waals surface area contributed by atoms with Gasteiger partial charge in [-0.3, -0.25) is 10.1 Å². The molecule has 1 aromatic heterocycles. The van der Waals surface area contributed by atoms with Crippen LogP contribution in [0, 0.1) is 0 Å². The summed E-state index contributed by atoms with van der Waals surface area (Å²) in [6.45, 7) is 2.50. The Morgan fingerprint density at radius 2 is 2.40 bits per heavy atom. The molecule has 1 aliphatic rings. The van der Waals surface area contributed by atoms with Crippen LogP contribution in [-0.4, -0.2) is 27.3 Å². The average molecular weight is 337 g/mol. The summed E-state index contributed by atoms with van der Waals surface area (Å²) < 4.78 is 8.31. The lowest BCUT2D eigenvalue weighted by atomic mass is 10.0. The van der Waals surface area contributed by atoms with Gasteiger partial charge in [0, 0.05) is 10.0 Å². The number of aromatic nitrogens is 3. The van der Waals surface area contributed by atoms with Crippen molar-refractivity contribution in [2.24, 2.45) is 0 Å². The molecule has 1 amide bonds. The number of rotatable bonds is 3. The van der Waals surface area contributed by atoms with E-state index in [1.54, 1.807) is 4.68 Å². The third-order valence-corrected chi connectivity index (χ3v) is 3.62. The Bertz CT molecular complexity index is 656. The van der Waals surface area contributed by atoms with Crippen LogP contribution < -0.4 is 10.1 Å². The summed E-state index contributed by atoms with van der Waals surface area (Å²) >= 11 is 3.46. The first kappa shape index (κ1) is 13.1. The zero-order chi connectivity index (χ0) is 14.1. The Labute approximate surface area is 124 Å². The Kier molecular flexibility index (Phi) is 3.43. The van der Waals surface area contributed by atoms with Crippen LogP contribution in [0.2, 0.25) is 0 Å². The highest BCUT2D eigenvalue weighted by molar-refractivity contribution is 9.10. The molecule has 1 atom stereocenters. The largest absolute Gasteiger partial charge is 0.494 e. The monoisotopic (exact) mass is 336 g/mol. The van der Waals surface area contributed by atoms with E-state index in [9.17, 15) is 4.79 Å². The number of halogens is 1. The van der Waals surface area contributed by atoms with Gasteiger partial charge in [0.25, 0.3) is 0 Å². The van der Waals surface area contributed by atoms with E-state index in [-0.39, 0.29) is 11.9 Å². The minimum Gasteiger partial charge on any atom is -0.494 e. The molecule has 3 rings (SSSR count). The number of ether oxygens (including phenoxy) is 1. The van der Waals surface area contributed by atoms with Crippen LogP contribution in [0.5, 0.6) is 5.75 Å². The normalized spacial score (nSPS) is 17.5. The zero-order valence-corrected chi connectivity index (χ0v) is 12.4. The molecule has 0 aliphatic carbocycles. The predicted octanol–water partition coefficient (Wildman–Crippen LogP) is 2.37. The molecule has 0 fully saturated rings. The first-order chi connectivity index (χ1) is 9.69. The molecule has 20 heavy (non-hydrogen) atoms. The second kappa shape index (κ2) is 5.24. The third kappa shape index (κ3) is 2.29. The summed E-state index contributed by atoms with van der Waals surface area (Å²) in [7, 11) is 0. The van der Waals surface area contributed by atoms with E-state index < -0.39 is 0 Å². The highest BCUT2D eigenvalue weighted by Gasteiger charge is 2.29. The fourth-order valence-corrected chi connectivity index (χ4v) is 2.69. The summed E-state index contributed by atoms with van der Waals surface area (Å²) in [4.78, 5) is 15.9. The summed E-state index contributed by atoms with van der Waals surface area (Å²) in [5.74, 6) is 1.16. The second-order valence-corrected chi connectivity index (χ2v) is 5.33. The van der Waals surface area contributed by atoms with Crippen LogP contribution in [0.15, 0.2) is 29.0 Å². The Hall–Kier alpha value is -1.89. The lowest BCUT2D eigenvalue weighted by molar-refractivity contribution is -0.117. The van der Waals surface area contributed by atoms with Gasteiger partial charge in [0.1, 0.15) is 12.1 Å². The van der Waals surface area contributed by atoms with Crippen molar-refractivity contribution in [2.75, 3.05) is 11.9 Å². The van der Waals surface area contributed by atoms with Gasteiger partial charge in [-0.1, -0.05) is 15.9 Å². The van der Waals surface area contributed by atoms with E-state index in [1.807, 2.05) is 25.1 Å². The van der Waals surface area contributed by atoms with Gasteiger partial charge in [-0.05, 0) is 25.1 Å². The Morgan fingerprint density at radius 3 is 3.20 bits per heavy atom. The topological polar surface area (TPSA) is 69.0 Å². The first-order valence-electron chi connectivity index (χ1n) is 6.30. The van der Waals surface area contributed by atoms with E-state index in [2.05, 4.69) is 31.3 Å². The van der Waals surface area contributed by atoms with Crippen LogP contribution in [0.25, 0.3) is 0 Å². The van der Waals surface area contributed by atoms with Crippen molar-refractivity contribution in [2.45, 2.75) is 19.4 Å². The molecule has 2 aromatic rings. The molecule has 1 aliphatic heterocycles. The van der Waals surface area contributed by atoms with Gasteiger partial charge in [0.15, 0.2) is 0 Å². The fourth-order valence-electron chi connectivity index (χ4n) is 2.31. The molecule has 0 bridgehead atoms. The van der Waals surface area contributed by atoms with Gasteiger partial charge in [0.2, 0.25) is 11.9 Å². The van der Waals surface area contributed by atoms with E-state index in [0.717, 1.165) is 15.8 Å². The lowest BCUT2D eigenvalue weighted by Crippen LogP contribution is -2.29. The van der Waals surface area contributed by atoms with Crippen molar-refractivity contribution in [3.8, 4) is 5.75 Å². The van der Waals surface area contributed by atoms with Crippen LogP contribution in [0.3, 0.4) is 0 Å². The van der Waals surface area contributed by atoms with Crippen LogP contribution in [-0.2, 0) is 4.79 Å². The molecule has 0 spiro atoms. The van der Waals surface area contributed by atoms with Crippen LogP contribution in [0.1, 0.15) is 24.9 Å². The highest BCUT2D eigenvalue weighted by Crippen LogP contribution is 2.35. The van der Waals surface area contributed by atoms with Crippen molar-refractivity contribution >= 4 is 27.8 Å². The van der Waals surface area contributed by atoms with Gasteiger partial charge >= 0.3 is 0 Å². The summed E-state index contributed by atoms with van der Waals surface area (Å²) in [6, 6.07) is 5.56. The number of amides is 1. The first-order valence-corrected chi connectivity index (χ1v) is 7.10. The molecule has 104 valence electrons. The maximum Gasteiger partial charge on any atom is 0.229 e. The number of carbonyl (C=O) groups is 1. The number of hydrogen-bond acceptors (Lipinski definition) is 4. The fraction of sp³-hybridized carbons (Fsp3) is 0.308. The quantitative estimate of drug-likeness (QED) is 0.934. The van der Waals surface area contributed by atoms with Gasteiger partial charge in [-0.2, -0.15) is 10.1 Å². The molecule has 1 N–H and O–H groups in total. The third-order valence-electron chi connectivity index (χ3n) is 3.13. The molecule has 0 saturated heterocycles. The number of hydrogen-bond donors (Lipinski definition) is 1. The molecule has 0 unspecified atom stereocenters. The maximum absolute atomic E-state index is 11.8. The van der Waals surface area contributed by atoms with Gasteiger partial charge in [-0.25, -0.2) is 4.68 Å². The van der Waals surface area contributed by atoms with Crippen molar-refractivity contribution in [3.05, 3.63) is 34.6 Å². The average Bonchev–Trinajstić information content (AvgIpc) is 2.88. The summed E-state index contributed by atoms with van der Waals surface area (Å²) in [6.07, 6.45) is 1.75. The number of nitrogens with zero attached hydrogens (tertiary/aromatic N) is 3. The maximum atomic E-state index is 11.8. The molecule has 0 radical (unpaired) electrons. The minimum absolute atomic E-state index is 0.0714. The van der Waals surface area contributed by atoms with Crippen molar-refractivity contribution in [1.82, 2.24) is 14.8 Å². The molecule has 1 aromatic carbocycles. The van der Waals surface area contributed by atoms with Crippen LogP contribution in [0.4, 0.5) is 5.95 Å². The van der Waals surface area contributed by atoms with E-state index >= 15 is 0 Å². The predicted molar refractivity (Wildman–Crippen MR) is 76.7 cm³/mol. The van der Waals surface area contributed by atoms with E-state index in [1.165, 1.54) is 6.33 Å². The minimum atomic E-state index is -0.208. The smallest absolute Gasteiger partial charge is 0.229 e. The molecule has 7 heteroatoms. The molecule has 6 nitrogen and oxygen atoms in total. The number of anilines is 1. The standard InChI is InChI=1S/C13H13BrN4O2/c1-2-20-11-4-3-8(14)5-9(11)10-6-12(19)17-13-15-7-16-18(10)13/h3-5,7,10H,2,6H2,1H3,(H,15,16,17,19)/t10-/m0/s1. The van der Waals surface area contributed by atoms with Gasteiger partial charge in [-0.15, -0.1) is 0 Å². The number of nitrogens with one attached hydrogen (secondary N) is 1. The molecular weight excluding hydrogens is 324 g/mol. The molecule has 0 saturated carbocycles. The zero-order valence-electron chi connectivity index (χ0n) is 10.8. The van der Waals surface area contributed by atoms with Crippen LogP contribution >= 0.6 is 15.9 Å². The van der Waals surface area contributed by atoms with Crippen molar-refractivity contribution in [1.29, 1.82) is 0 Å². The van der Waals surface area contributed by atoms with Gasteiger partial charge in [0.05, 0.1) is 19.1 Å². The number of fused-ring (bicyclic) bond motifs is 1. The second-order valence-electron chi connectivity index (χ2n) is 4.41. The summed E-state index contributed by atoms with van der Waals surface area (Å²) in [5.41, 5.74) is 0.919. The van der Waals surface area contributed by atoms with Crippen molar-refractivity contribution in [3.63, 3.8) is 0 Å². The SMILES string of the molecule is CCOc1ccc(Br)cc1[C@@H]1CC(=O)Nc2ncnn21. The van der Waals surface area contributed by atoms with Gasteiger partial charge < -0.3 is 4.74 Å².